The minimum absolute atomic E-state index is 0.0530. The van der Waals surface area contributed by atoms with Gasteiger partial charge in [0.15, 0.2) is 16.6 Å². The number of aromatic nitrogens is 1. The average Bonchev–Trinajstić information content (AvgIpc) is 3.30. The van der Waals surface area contributed by atoms with E-state index in [4.69, 9.17) is 4.99 Å². The fourth-order valence-electron chi connectivity index (χ4n) is 4.13. The lowest BCUT2D eigenvalue weighted by atomic mass is 9.90. The number of likely N-dealkylation sites (tertiary alicyclic amines) is 1. The quantitative estimate of drug-likeness (QED) is 0.590. The van der Waals surface area contributed by atoms with Crippen LogP contribution in [0.25, 0.3) is 0 Å². The van der Waals surface area contributed by atoms with Gasteiger partial charge in [0, 0.05) is 60.5 Å². The number of aliphatic hydroxyl groups is 1. The molecule has 0 radical (unpaired) electrons. The highest BCUT2D eigenvalue weighted by Crippen LogP contribution is 2.38. The molecular weight excluding hydrogens is 431 g/mol. The largest absolute Gasteiger partial charge is 0.507 e. The SMILES string of the molecule is CCCC(=O)C1=C(CN2CCC(O)CC2)NC(c2nccs2)=NC1c1ccc(F)cc1O. The highest BCUT2D eigenvalue weighted by molar-refractivity contribution is 7.11. The minimum atomic E-state index is -0.764. The first-order valence-electron chi connectivity index (χ1n) is 10.9. The number of amidine groups is 1. The highest BCUT2D eigenvalue weighted by atomic mass is 32.1. The molecule has 2 aromatic rings. The molecular formula is C23H27FN4O3S. The molecule has 1 aromatic heterocycles. The molecule has 0 amide bonds. The number of phenolic OH excluding ortho intramolecular Hbond substituents is 1. The van der Waals surface area contributed by atoms with E-state index in [2.05, 4.69) is 15.2 Å². The first-order valence-corrected chi connectivity index (χ1v) is 11.7. The van der Waals surface area contributed by atoms with Crippen LogP contribution in [0.2, 0.25) is 0 Å². The third kappa shape index (κ3) is 4.90. The van der Waals surface area contributed by atoms with Crippen LogP contribution in [0.5, 0.6) is 5.75 Å². The van der Waals surface area contributed by atoms with Gasteiger partial charge in [0.1, 0.15) is 17.6 Å². The van der Waals surface area contributed by atoms with Gasteiger partial charge in [0.25, 0.3) is 0 Å². The van der Waals surface area contributed by atoms with E-state index in [-0.39, 0.29) is 17.6 Å². The maximum absolute atomic E-state index is 13.7. The van der Waals surface area contributed by atoms with Crippen molar-refractivity contribution in [2.75, 3.05) is 19.6 Å². The number of halogens is 1. The standard InChI is InChI=1S/C23H27FN4O3S/c1-2-3-18(30)20-17(13-28-9-6-15(29)7-10-28)26-22(23-25-8-11-32-23)27-21(20)16-5-4-14(24)12-19(16)31/h4-5,8,11-12,15,21,29,31H,2-3,6-7,9-10,13H2,1H3,(H,26,27). The number of nitrogens with one attached hydrogen (secondary N) is 1. The number of rotatable bonds is 7. The zero-order chi connectivity index (χ0) is 22.7. The fourth-order valence-corrected chi connectivity index (χ4v) is 4.72. The second-order valence-electron chi connectivity index (χ2n) is 8.12. The van der Waals surface area contributed by atoms with Crippen molar-refractivity contribution in [1.82, 2.24) is 15.2 Å². The molecule has 1 atom stereocenters. The number of benzene rings is 1. The first-order chi connectivity index (χ1) is 15.5. The lowest BCUT2D eigenvalue weighted by Crippen LogP contribution is -2.42. The van der Waals surface area contributed by atoms with Crippen molar-refractivity contribution in [3.05, 3.63) is 57.4 Å². The normalized spacial score (nSPS) is 20.2. The Kier molecular flexibility index (Phi) is 6.98. The number of piperidine rings is 1. The summed E-state index contributed by atoms with van der Waals surface area (Å²) >= 11 is 1.42. The molecule has 4 rings (SSSR count). The number of carbonyl (C=O) groups excluding carboxylic acids is 1. The average molecular weight is 459 g/mol. The Hall–Kier alpha value is -2.62. The Bertz CT molecular complexity index is 1030. The van der Waals surface area contributed by atoms with E-state index < -0.39 is 11.9 Å². The van der Waals surface area contributed by atoms with Crippen LogP contribution in [0.15, 0.2) is 46.0 Å². The molecule has 9 heteroatoms. The van der Waals surface area contributed by atoms with Crippen molar-refractivity contribution in [2.45, 2.75) is 44.8 Å². The van der Waals surface area contributed by atoms with E-state index in [1.807, 2.05) is 12.3 Å². The first kappa shape index (κ1) is 22.6. The fraction of sp³-hybridized carbons (Fsp3) is 0.435. The van der Waals surface area contributed by atoms with Crippen LogP contribution in [-0.2, 0) is 4.79 Å². The second-order valence-corrected chi connectivity index (χ2v) is 9.01. The molecule has 1 unspecified atom stereocenters. The van der Waals surface area contributed by atoms with Gasteiger partial charge in [-0.15, -0.1) is 11.3 Å². The molecule has 1 aromatic carbocycles. The maximum atomic E-state index is 13.7. The summed E-state index contributed by atoms with van der Waals surface area (Å²) in [6.45, 7) is 3.87. The summed E-state index contributed by atoms with van der Waals surface area (Å²) in [5.74, 6) is -0.320. The van der Waals surface area contributed by atoms with Crippen molar-refractivity contribution < 1.29 is 19.4 Å². The van der Waals surface area contributed by atoms with Crippen LogP contribution < -0.4 is 5.32 Å². The summed E-state index contributed by atoms with van der Waals surface area (Å²) in [4.78, 5) is 24.6. The molecule has 3 heterocycles. The maximum Gasteiger partial charge on any atom is 0.163 e. The Labute approximate surface area is 190 Å². The molecule has 3 N–H and O–H groups in total. The summed E-state index contributed by atoms with van der Waals surface area (Å²) in [7, 11) is 0. The molecule has 7 nitrogen and oxygen atoms in total. The highest BCUT2D eigenvalue weighted by Gasteiger charge is 2.33. The predicted molar refractivity (Wildman–Crippen MR) is 121 cm³/mol. The zero-order valence-electron chi connectivity index (χ0n) is 17.9. The second kappa shape index (κ2) is 9.89. The van der Waals surface area contributed by atoms with Crippen molar-refractivity contribution in [2.24, 2.45) is 4.99 Å². The van der Waals surface area contributed by atoms with Gasteiger partial charge in [-0.1, -0.05) is 6.92 Å². The van der Waals surface area contributed by atoms with Gasteiger partial charge in [-0.25, -0.2) is 9.37 Å². The number of hydrogen-bond acceptors (Lipinski definition) is 8. The van der Waals surface area contributed by atoms with Crippen LogP contribution in [0.3, 0.4) is 0 Å². The molecule has 1 saturated heterocycles. The van der Waals surface area contributed by atoms with Crippen LogP contribution >= 0.6 is 11.3 Å². The third-order valence-corrected chi connectivity index (χ3v) is 6.54. The van der Waals surface area contributed by atoms with E-state index in [9.17, 15) is 19.4 Å². The Morgan fingerprint density at radius 3 is 2.78 bits per heavy atom. The molecule has 32 heavy (non-hydrogen) atoms. The summed E-state index contributed by atoms with van der Waals surface area (Å²) in [6, 6.07) is 3.03. The smallest absolute Gasteiger partial charge is 0.163 e. The molecule has 2 aliphatic rings. The van der Waals surface area contributed by atoms with Crippen molar-refractivity contribution in [1.29, 1.82) is 0 Å². The number of aromatic hydroxyl groups is 1. The molecule has 0 aliphatic carbocycles. The Balaban J connectivity index is 1.79. The molecule has 2 aliphatic heterocycles. The van der Waals surface area contributed by atoms with Crippen molar-refractivity contribution >= 4 is 23.0 Å². The number of Topliss-reactive ketones (excluding diaryl/α,β-unsaturated/α-hetero) is 1. The van der Waals surface area contributed by atoms with Gasteiger partial charge >= 0.3 is 0 Å². The predicted octanol–water partition coefficient (Wildman–Crippen LogP) is 3.16. The molecule has 0 saturated carbocycles. The molecule has 1 fully saturated rings. The lowest BCUT2D eigenvalue weighted by Gasteiger charge is -2.34. The summed E-state index contributed by atoms with van der Waals surface area (Å²) in [6.07, 6.45) is 3.78. The summed E-state index contributed by atoms with van der Waals surface area (Å²) < 4.78 is 13.7. The Morgan fingerprint density at radius 1 is 1.34 bits per heavy atom. The van der Waals surface area contributed by atoms with Crippen molar-refractivity contribution in [3.8, 4) is 5.75 Å². The summed E-state index contributed by atoms with van der Waals surface area (Å²) in [5, 5.41) is 26.2. The zero-order valence-corrected chi connectivity index (χ0v) is 18.7. The number of aliphatic hydroxyl groups excluding tert-OH is 1. The molecule has 0 spiro atoms. The monoisotopic (exact) mass is 458 g/mol. The summed E-state index contributed by atoms with van der Waals surface area (Å²) in [5.41, 5.74) is 1.59. The number of carbonyl (C=O) groups is 1. The minimum Gasteiger partial charge on any atom is -0.507 e. The number of phenols is 1. The van der Waals surface area contributed by atoms with E-state index >= 15 is 0 Å². The molecule has 170 valence electrons. The number of ketones is 1. The lowest BCUT2D eigenvalue weighted by molar-refractivity contribution is -0.116. The van der Waals surface area contributed by atoms with Crippen LogP contribution in [0, 0.1) is 5.82 Å². The number of thiazole rings is 1. The van der Waals surface area contributed by atoms with Gasteiger partial charge in [-0.05, 0) is 31.4 Å². The van der Waals surface area contributed by atoms with Gasteiger partial charge in [-0.3, -0.25) is 14.7 Å². The van der Waals surface area contributed by atoms with Crippen LogP contribution in [-0.4, -0.2) is 57.5 Å². The third-order valence-electron chi connectivity index (χ3n) is 5.76. The van der Waals surface area contributed by atoms with Gasteiger partial charge < -0.3 is 15.5 Å². The van der Waals surface area contributed by atoms with Gasteiger partial charge in [0.2, 0.25) is 0 Å². The molecule has 0 bridgehead atoms. The van der Waals surface area contributed by atoms with Gasteiger partial charge in [0.05, 0.1) is 6.10 Å². The number of nitrogens with zero attached hydrogens (tertiary/aromatic N) is 3. The van der Waals surface area contributed by atoms with Crippen LogP contribution in [0.1, 0.15) is 49.2 Å². The topological polar surface area (TPSA) is 98.1 Å². The number of hydrogen-bond donors (Lipinski definition) is 3. The van der Waals surface area contributed by atoms with Gasteiger partial charge in [-0.2, -0.15) is 0 Å². The van der Waals surface area contributed by atoms with E-state index in [1.54, 1.807) is 6.20 Å². The van der Waals surface area contributed by atoms with E-state index in [0.29, 0.717) is 59.9 Å². The van der Waals surface area contributed by atoms with Crippen LogP contribution in [0.4, 0.5) is 4.39 Å². The van der Waals surface area contributed by atoms with E-state index in [0.717, 1.165) is 19.2 Å². The number of aliphatic imine (C=N–C) groups is 1. The Morgan fingerprint density at radius 2 is 2.12 bits per heavy atom. The van der Waals surface area contributed by atoms with Crippen molar-refractivity contribution in [3.63, 3.8) is 0 Å². The van der Waals surface area contributed by atoms with E-state index in [1.165, 1.54) is 23.5 Å².